The van der Waals surface area contributed by atoms with Gasteiger partial charge in [-0.25, -0.2) is 4.79 Å². The highest BCUT2D eigenvalue weighted by atomic mass is 127. The van der Waals surface area contributed by atoms with Crippen molar-refractivity contribution in [3.05, 3.63) is 55.1 Å². The van der Waals surface area contributed by atoms with Crippen molar-refractivity contribution in [3.8, 4) is 11.5 Å². The van der Waals surface area contributed by atoms with Crippen molar-refractivity contribution in [2.75, 3.05) is 20.3 Å². The predicted octanol–water partition coefficient (Wildman–Crippen LogP) is 4.67. The Morgan fingerprint density at radius 1 is 1.29 bits per heavy atom. The molecular formula is C19H19Cl2IN2O4. The summed E-state index contributed by atoms with van der Waals surface area (Å²) in [7, 11) is 1.53. The normalized spacial score (nSPS) is 10.8. The van der Waals surface area contributed by atoms with Crippen LogP contribution in [0.25, 0.3) is 0 Å². The Kier molecular flexibility index (Phi) is 9.14. The van der Waals surface area contributed by atoms with Gasteiger partial charge in [-0.2, -0.15) is 5.10 Å². The summed E-state index contributed by atoms with van der Waals surface area (Å²) in [4.78, 5) is 11.5. The minimum Gasteiger partial charge on any atom is -0.493 e. The van der Waals surface area contributed by atoms with Crippen LogP contribution in [0.5, 0.6) is 11.5 Å². The van der Waals surface area contributed by atoms with E-state index in [2.05, 4.69) is 33.1 Å². The van der Waals surface area contributed by atoms with Crippen molar-refractivity contribution in [2.24, 2.45) is 5.10 Å². The molecule has 9 heteroatoms. The first-order valence-electron chi connectivity index (χ1n) is 8.31. The molecule has 0 aliphatic heterocycles. The van der Waals surface area contributed by atoms with Crippen molar-refractivity contribution in [1.29, 1.82) is 0 Å². The molecule has 150 valence electrons. The van der Waals surface area contributed by atoms with E-state index in [4.69, 9.17) is 37.4 Å². The van der Waals surface area contributed by atoms with Gasteiger partial charge >= 0.3 is 5.97 Å². The molecule has 0 amide bonds. The number of hydrogen-bond acceptors (Lipinski definition) is 6. The first kappa shape index (κ1) is 22.6. The van der Waals surface area contributed by atoms with E-state index in [1.807, 2.05) is 6.07 Å². The Morgan fingerprint density at radius 2 is 2.00 bits per heavy atom. The molecule has 0 unspecified atom stereocenters. The number of carbonyl (C=O) groups is 1. The first-order chi connectivity index (χ1) is 13.5. The monoisotopic (exact) mass is 536 g/mol. The van der Waals surface area contributed by atoms with Gasteiger partial charge in [-0.1, -0.05) is 29.3 Å². The number of nitrogens with zero attached hydrogens (tertiary/aromatic N) is 1. The molecule has 0 spiro atoms. The quantitative estimate of drug-likeness (QED) is 0.218. The SMILES string of the molecule is CCOC(=O)COc1c(I)cc(/C=N\NCc2c(Cl)cccc2Cl)cc1OC. The van der Waals surface area contributed by atoms with Crippen molar-refractivity contribution < 1.29 is 19.0 Å². The second-order valence-electron chi connectivity index (χ2n) is 5.42. The summed E-state index contributed by atoms with van der Waals surface area (Å²) in [6, 6.07) is 8.96. The molecular weight excluding hydrogens is 518 g/mol. The fourth-order valence-electron chi connectivity index (χ4n) is 2.23. The molecule has 0 radical (unpaired) electrons. The van der Waals surface area contributed by atoms with Gasteiger partial charge < -0.3 is 19.6 Å². The molecule has 1 N–H and O–H groups in total. The number of esters is 1. The summed E-state index contributed by atoms with van der Waals surface area (Å²) in [5, 5.41) is 5.35. The Balaban J connectivity index is 2.04. The minimum atomic E-state index is -0.437. The van der Waals surface area contributed by atoms with Crippen molar-refractivity contribution in [1.82, 2.24) is 5.43 Å². The van der Waals surface area contributed by atoms with Gasteiger partial charge in [0.25, 0.3) is 0 Å². The highest BCUT2D eigenvalue weighted by Crippen LogP contribution is 2.33. The van der Waals surface area contributed by atoms with Gasteiger partial charge in [-0.15, -0.1) is 0 Å². The van der Waals surface area contributed by atoms with E-state index >= 15 is 0 Å². The van der Waals surface area contributed by atoms with E-state index in [1.165, 1.54) is 7.11 Å². The maximum absolute atomic E-state index is 11.5. The third kappa shape index (κ3) is 6.42. The van der Waals surface area contributed by atoms with Crippen LogP contribution in [0, 0.1) is 3.57 Å². The minimum absolute atomic E-state index is 0.187. The van der Waals surface area contributed by atoms with E-state index in [1.54, 1.807) is 37.4 Å². The topological polar surface area (TPSA) is 69.2 Å². The van der Waals surface area contributed by atoms with Crippen molar-refractivity contribution in [2.45, 2.75) is 13.5 Å². The van der Waals surface area contributed by atoms with Crippen LogP contribution in [0.2, 0.25) is 10.0 Å². The molecule has 0 aliphatic rings. The lowest BCUT2D eigenvalue weighted by Crippen LogP contribution is -2.15. The maximum atomic E-state index is 11.5. The van der Waals surface area contributed by atoms with E-state index in [-0.39, 0.29) is 6.61 Å². The van der Waals surface area contributed by atoms with Crippen LogP contribution < -0.4 is 14.9 Å². The van der Waals surface area contributed by atoms with E-state index in [9.17, 15) is 4.79 Å². The molecule has 6 nitrogen and oxygen atoms in total. The molecule has 0 fully saturated rings. The van der Waals surface area contributed by atoms with Crippen molar-refractivity contribution in [3.63, 3.8) is 0 Å². The second kappa shape index (κ2) is 11.3. The Bertz CT molecular complexity index is 842. The molecule has 2 rings (SSSR count). The maximum Gasteiger partial charge on any atom is 0.344 e. The smallest absolute Gasteiger partial charge is 0.344 e. The molecule has 0 bridgehead atoms. The van der Waals surface area contributed by atoms with E-state index in [0.29, 0.717) is 34.7 Å². The number of rotatable bonds is 9. The second-order valence-corrected chi connectivity index (χ2v) is 7.40. The van der Waals surface area contributed by atoms with Crippen LogP contribution in [0.1, 0.15) is 18.1 Å². The molecule has 0 atom stereocenters. The van der Waals surface area contributed by atoms with Gasteiger partial charge in [-0.05, 0) is 59.3 Å². The molecule has 0 saturated carbocycles. The van der Waals surface area contributed by atoms with Gasteiger partial charge in [0.2, 0.25) is 0 Å². The number of methoxy groups -OCH3 is 1. The van der Waals surface area contributed by atoms with Crippen LogP contribution in [-0.4, -0.2) is 32.5 Å². The van der Waals surface area contributed by atoms with Gasteiger partial charge in [0.05, 0.1) is 30.0 Å². The molecule has 28 heavy (non-hydrogen) atoms. The lowest BCUT2D eigenvalue weighted by atomic mass is 10.2. The van der Waals surface area contributed by atoms with Crippen molar-refractivity contribution >= 4 is 58.0 Å². The average molecular weight is 537 g/mol. The van der Waals surface area contributed by atoms with Gasteiger partial charge in [-0.3, -0.25) is 0 Å². The summed E-state index contributed by atoms with van der Waals surface area (Å²) in [5.74, 6) is 0.532. The van der Waals surface area contributed by atoms with Crippen LogP contribution >= 0.6 is 45.8 Å². The Labute approximate surface area is 187 Å². The lowest BCUT2D eigenvalue weighted by Gasteiger charge is -2.13. The number of hydrogen-bond donors (Lipinski definition) is 1. The van der Waals surface area contributed by atoms with Crippen LogP contribution in [0.4, 0.5) is 0 Å². The third-order valence-electron chi connectivity index (χ3n) is 3.51. The first-order valence-corrected chi connectivity index (χ1v) is 10.1. The van der Waals surface area contributed by atoms with Gasteiger partial charge in [0.1, 0.15) is 0 Å². The highest BCUT2D eigenvalue weighted by molar-refractivity contribution is 14.1. The van der Waals surface area contributed by atoms with Gasteiger partial charge in [0, 0.05) is 15.6 Å². The fraction of sp³-hybridized carbons (Fsp3) is 0.263. The summed E-state index contributed by atoms with van der Waals surface area (Å²) in [6.45, 7) is 2.25. The zero-order valence-electron chi connectivity index (χ0n) is 15.3. The lowest BCUT2D eigenvalue weighted by molar-refractivity contribution is -0.145. The van der Waals surface area contributed by atoms with Crippen LogP contribution in [-0.2, 0) is 16.1 Å². The summed E-state index contributed by atoms with van der Waals surface area (Å²) >= 11 is 14.4. The highest BCUT2D eigenvalue weighted by Gasteiger charge is 2.13. The molecule has 0 aliphatic carbocycles. The molecule has 0 aromatic heterocycles. The standard InChI is InChI=1S/C19H19Cl2IN2O4/c1-3-27-18(25)11-28-19-16(22)7-12(8-17(19)26-2)9-23-24-10-13-14(20)5-4-6-15(13)21/h4-9,24H,3,10-11H2,1-2H3/b23-9-. The zero-order valence-corrected chi connectivity index (χ0v) is 19.0. The number of nitrogens with one attached hydrogen (secondary N) is 1. The number of hydrazone groups is 1. The number of halogens is 3. The zero-order chi connectivity index (χ0) is 20.5. The third-order valence-corrected chi connectivity index (χ3v) is 5.02. The van der Waals surface area contributed by atoms with E-state index in [0.717, 1.165) is 14.7 Å². The fourth-order valence-corrected chi connectivity index (χ4v) is 3.55. The predicted molar refractivity (Wildman–Crippen MR) is 119 cm³/mol. The van der Waals surface area contributed by atoms with E-state index < -0.39 is 5.97 Å². The summed E-state index contributed by atoms with van der Waals surface area (Å²) < 4.78 is 16.5. The average Bonchev–Trinajstić information content (AvgIpc) is 2.66. The molecule has 0 heterocycles. The number of benzene rings is 2. The summed E-state index contributed by atoms with van der Waals surface area (Å²) in [6.07, 6.45) is 1.64. The number of ether oxygens (including phenoxy) is 3. The summed E-state index contributed by atoms with van der Waals surface area (Å²) in [5.41, 5.74) is 4.49. The molecule has 2 aromatic rings. The number of carbonyl (C=O) groups excluding carboxylic acids is 1. The Morgan fingerprint density at radius 3 is 2.64 bits per heavy atom. The van der Waals surface area contributed by atoms with Gasteiger partial charge in [0.15, 0.2) is 18.1 Å². The van der Waals surface area contributed by atoms with Crippen LogP contribution in [0.15, 0.2) is 35.4 Å². The Hall–Kier alpha value is -1.71. The molecule has 2 aromatic carbocycles. The molecule has 0 saturated heterocycles. The largest absolute Gasteiger partial charge is 0.493 e. The van der Waals surface area contributed by atoms with Crippen LogP contribution in [0.3, 0.4) is 0 Å².